The van der Waals surface area contributed by atoms with Gasteiger partial charge in [0.15, 0.2) is 0 Å². The van der Waals surface area contributed by atoms with Crippen molar-refractivity contribution in [1.82, 2.24) is 0 Å². The monoisotopic (exact) mass is 933 g/mol. The van der Waals surface area contributed by atoms with E-state index in [1.807, 2.05) is 0 Å². The van der Waals surface area contributed by atoms with Gasteiger partial charge in [0.1, 0.15) is 0 Å². The molecule has 0 spiro atoms. The Balaban J connectivity index is 3.35. The summed E-state index contributed by atoms with van der Waals surface area (Å²) in [6, 6.07) is 0. The highest BCUT2D eigenvalue weighted by atomic mass is 16.4. The van der Waals surface area contributed by atoms with E-state index in [0.717, 1.165) is 38.5 Å². The van der Waals surface area contributed by atoms with Gasteiger partial charge in [-0.05, 0) is 19.3 Å². The van der Waals surface area contributed by atoms with E-state index in [4.69, 9.17) is 5.11 Å². The predicted molar refractivity (Wildman–Crippen MR) is 289 cm³/mol. The summed E-state index contributed by atoms with van der Waals surface area (Å²) in [6.45, 7) is 2.29. The molecule has 5 heteroatoms. The van der Waals surface area contributed by atoms with Gasteiger partial charge >= 0.3 is 11.9 Å². The van der Waals surface area contributed by atoms with Crippen LogP contribution in [0.2, 0.25) is 0 Å². The number of carbonyl (C=O) groups is 2. The van der Waals surface area contributed by atoms with Crippen LogP contribution in [0.4, 0.5) is 0 Å². The Morgan fingerprint density at radius 1 is 0.273 bits per heavy atom. The molecule has 3 N–H and O–H groups in total. The Kier molecular flexibility index (Phi) is 55.5. The molecule has 0 radical (unpaired) electrons. The summed E-state index contributed by atoms with van der Waals surface area (Å²) in [4.78, 5) is 22.4. The molecule has 394 valence electrons. The summed E-state index contributed by atoms with van der Waals surface area (Å²) >= 11 is 0. The maximum absolute atomic E-state index is 11.9. The second-order valence-corrected chi connectivity index (χ2v) is 21.6. The molecule has 0 fully saturated rings. The van der Waals surface area contributed by atoms with E-state index in [-0.39, 0.29) is 0 Å². The highest BCUT2D eigenvalue weighted by molar-refractivity contribution is 5.70. The molecule has 0 amide bonds. The minimum atomic E-state index is -0.805. The lowest BCUT2D eigenvalue weighted by Crippen LogP contribution is -2.28. The second-order valence-electron chi connectivity index (χ2n) is 21.6. The first-order valence-corrected chi connectivity index (χ1v) is 30.6. The molecule has 0 heterocycles. The van der Waals surface area contributed by atoms with Crippen LogP contribution in [0.1, 0.15) is 366 Å². The van der Waals surface area contributed by atoms with Gasteiger partial charge in [0, 0.05) is 6.42 Å². The third-order valence-corrected chi connectivity index (χ3v) is 15.0. The number of aliphatic hydroxyl groups excluding tert-OH is 1. The third-order valence-electron chi connectivity index (χ3n) is 15.0. The van der Waals surface area contributed by atoms with Gasteiger partial charge in [-0.1, -0.05) is 341 Å². The third kappa shape index (κ3) is 53.8. The fraction of sp³-hybridized carbons (Fsp3) is 0.967. The molecule has 0 bridgehead atoms. The minimum absolute atomic E-state index is 0.337. The number of carboxylic acids is 2. The van der Waals surface area contributed by atoms with Crippen molar-refractivity contribution >= 4 is 11.9 Å². The molecule has 0 aliphatic rings. The van der Waals surface area contributed by atoms with Crippen LogP contribution in [-0.2, 0) is 9.59 Å². The van der Waals surface area contributed by atoms with Gasteiger partial charge in [-0.25, -0.2) is 0 Å². The minimum Gasteiger partial charge on any atom is -0.481 e. The van der Waals surface area contributed by atoms with Crippen LogP contribution in [0.15, 0.2) is 0 Å². The number of unbranched alkanes of at least 4 members (excludes halogenated alkanes) is 51. The van der Waals surface area contributed by atoms with Gasteiger partial charge < -0.3 is 15.3 Å². The molecule has 0 aliphatic heterocycles. The molecular formula is C61H120O5. The van der Waals surface area contributed by atoms with Crippen LogP contribution in [0.3, 0.4) is 0 Å². The number of aliphatic carboxylic acids is 2. The average Bonchev–Trinajstić information content (AvgIpc) is 3.30. The molecule has 2 atom stereocenters. The summed E-state index contributed by atoms with van der Waals surface area (Å²) in [5.74, 6) is -2.05. The molecule has 0 saturated heterocycles. The number of aliphatic hydroxyl groups is 1. The Bertz CT molecular complexity index is 937. The van der Waals surface area contributed by atoms with E-state index in [1.54, 1.807) is 0 Å². The zero-order chi connectivity index (χ0) is 47.9. The molecule has 0 aromatic heterocycles. The van der Waals surface area contributed by atoms with Crippen molar-refractivity contribution in [3.05, 3.63) is 0 Å². The van der Waals surface area contributed by atoms with E-state index in [1.165, 1.54) is 302 Å². The Morgan fingerprint density at radius 3 is 0.652 bits per heavy atom. The van der Waals surface area contributed by atoms with E-state index in [9.17, 15) is 19.8 Å². The van der Waals surface area contributed by atoms with Gasteiger partial charge in [0.05, 0.1) is 12.0 Å². The summed E-state index contributed by atoms with van der Waals surface area (Å²) < 4.78 is 0. The van der Waals surface area contributed by atoms with Crippen LogP contribution in [0.25, 0.3) is 0 Å². The maximum Gasteiger partial charge on any atom is 0.309 e. The van der Waals surface area contributed by atoms with Gasteiger partial charge in [-0.2, -0.15) is 0 Å². The van der Waals surface area contributed by atoms with Gasteiger partial charge in [0.25, 0.3) is 0 Å². The van der Waals surface area contributed by atoms with Crippen LogP contribution in [-0.4, -0.2) is 33.4 Å². The SMILES string of the molecule is CCCCCCCCCCCCCCCCCCCCCCC(C(=O)O)C(O)CCCCCCCCCCCCCCCCCCCCCCCCCCCCCCCCCCCC(=O)O. The number of hydrogen-bond acceptors (Lipinski definition) is 3. The first-order valence-electron chi connectivity index (χ1n) is 30.6. The molecule has 0 saturated carbocycles. The van der Waals surface area contributed by atoms with E-state index in [2.05, 4.69) is 6.92 Å². The predicted octanol–water partition coefficient (Wildman–Crippen LogP) is 21.0. The van der Waals surface area contributed by atoms with Crippen molar-refractivity contribution in [2.24, 2.45) is 5.92 Å². The molecule has 5 nitrogen and oxygen atoms in total. The normalized spacial score (nSPS) is 12.6. The Morgan fingerprint density at radius 2 is 0.455 bits per heavy atom. The zero-order valence-electron chi connectivity index (χ0n) is 44.9. The number of hydrogen-bond donors (Lipinski definition) is 3. The molecule has 66 heavy (non-hydrogen) atoms. The summed E-state index contributed by atoms with van der Waals surface area (Å²) in [7, 11) is 0. The van der Waals surface area contributed by atoms with E-state index < -0.39 is 24.0 Å². The number of carboxylic acid groups (broad SMARTS) is 2. The lowest BCUT2D eigenvalue weighted by atomic mass is 9.91. The first kappa shape index (κ1) is 64.9. The molecule has 0 aromatic carbocycles. The average molecular weight is 934 g/mol. The van der Waals surface area contributed by atoms with Crippen molar-refractivity contribution < 1.29 is 24.9 Å². The van der Waals surface area contributed by atoms with Crippen molar-refractivity contribution in [1.29, 1.82) is 0 Å². The molecule has 0 aromatic rings. The fourth-order valence-corrected chi connectivity index (χ4v) is 10.4. The van der Waals surface area contributed by atoms with Crippen molar-refractivity contribution in [3.63, 3.8) is 0 Å². The topological polar surface area (TPSA) is 94.8 Å². The van der Waals surface area contributed by atoms with Gasteiger partial charge in [-0.3, -0.25) is 9.59 Å². The molecule has 2 unspecified atom stereocenters. The lowest BCUT2D eigenvalue weighted by molar-refractivity contribution is -0.146. The van der Waals surface area contributed by atoms with Crippen LogP contribution < -0.4 is 0 Å². The van der Waals surface area contributed by atoms with Crippen molar-refractivity contribution in [2.75, 3.05) is 0 Å². The molecular weight excluding hydrogens is 813 g/mol. The van der Waals surface area contributed by atoms with Crippen LogP contribution >= 0.6 is 0 Å². The largest absolute Gasteiger partial charge is 0.481 e. The highest BCUT2D eigenvalue weighted by Crippen LogP contribution is 2.22. The standard InChI is InChI=1S/C61H120O5/c1-2-3-4-5-6-7-8-9-10-11-12-28-31-34-37-40-43-46-49-52-55-58(61(65)66)59(62)56-53-50-47-44-41-38-35-32-29-26-24-22-20-18-16-14-13-15-17-19-21-23-25-27-30-33-36-39-42-45-48-51-54-57-60(63)64/h58-59,62H,2-57H2,1H3,(H,63,64)(H,65,66). The summed E-state index contributed by atoms with van der Waals surface area (Å²) in [5.41, 5.74) is 0. The van der Waals surface area contributed by atoms with Crippen molar-refractivity contribution in [2.45, 2.75) is 373 Å². The Hall–Kier alpha value is -1.10. The van der Waals surface area contributed by atoms with Gasteiger partial charge in [0.2, 0.25) is 0 Å². The van der Waals surface area contributed by atoms with Crippen LogP contribution in [0, 0.1) is 5.92 Å². The first-order chi connectivity index (χ1) is 32.5. The Labute approximate surface area is 413 Å². The maximum atomic E-state index is 11.9. The van der Waals surface area contributed by atoms with Crippen molar-refractivity contribution in [3.8, 4) is 0 Å². The summed E-state index contributed by atoms with van der Waals surface area (Å²) in [5, 5.41) is 29.1. The number of rotatable bonds is 59. The smallest absolute Gasteiger partial charge is 0.309 e. The van der Waals surface area contributed by atoms with Gasteiger partial charge in [-0.15, -0.1) is 0 Å². The van der Waals surface area contributed by atoms with E-state index >= 15 is 0 Å². The second kappa shape index (κ2) is 56.5. The highest BCUT2D eigenvalue weighted by Gasteiger charge is 2.25. The fourth-order valence-electron chi connectivity index (χ4n) is 10.4. The van der Waals surface area contributed by atoms with E-state index in [0.29, 0.717) is 19.3 Å². The summed E-state index contributed by atoms with van der Waals surface area (Å²) in [6.07, 6.45) is 72.2. The lowest BCUT2D eigenvalue weighted by Gasteiger charge is -2.19. The van der Waals surface area contributed by atoms with Crippen LogP contribution in [0.5, 0.6) is 0 Å². The molecule has 0 aliphatic carbocycles. The zero-order valence-corrected chi connectivity index (χ0v) is 44.9. The quantitative estimate of drug-likeness (QED) is 0.0528. The molecule has 0 rings (SSSR count).